The van der Waals surface area contributed by atoms with Crippen LogP contribution >= 0.6 is 11.3 Å². The van der Waals surface area contributed by atoms with E-state index in [9.17, 15) is 18.8 Å². The lowest BCUT2D eigenvalue weighted by atomic mass is 10.1. The van der Waals surface area contributed by atoms with E-state index in [1.165, 1.54) is 28.4 Å². The highest BCUT2D eigenvalue weighted by Gasteiger charge is 2.32. The van der Waals surface area contributed by atoms with Crippen LogP contribution < -0.4 is 15.5 Å². The number of hydrogen-bond donors (Lipinski definition) is 2. The van der Waals surface area contributed by atoms with Gasteiger partial charge < -0.3 is 15.2 Å². The van der Waals surface area contributed by atoms with Crippen LogP contribution in [0.5, 0.6) is 0 Å². The molecule has 200 valence electrons. The summed E-state index contributed by atoms with van der Waals surface area (Å²) in [7, 11) is 0. The second-order valence-electron chi connectivity index (χ2n) is 8.64. The van der Waals surface area contributed by atoms with Gasteiger partial charge in [0, 0.05) is 35.3 Å². The highest BCUT2D eigenvalue weighted by Crippen LogP contribution is 2.31. The Balaban J connectivity index is 1.63. The first kappa shape index (κ1) is 27.5. The van der Waals surface area contributed by atoms with Crippen molar-refractivity contribution in [1.82, 2.24) is 10.5 Å². The fourth-order valence-electron chi connectivity index (χ4n) is 3.82. The number of anilines is 2. The van der Waals surface area contributed by atoms with E-state index in [4.69, 9.17) is 4.52 Å². The Hall–Kier alpha value is -4.57. The largest absolute Gasteiger partial charge is 0.360 e. The van der Waals surface area contributed by atoms with E-state index < -0.39 is 23.8 Å². The van der Waals surface area contributed by atoms with E-state index >= 15 is 0 Å². The van der Waals surface area contributed by atoms with Crippen molar-refractivity contribution in [2.24, 2.45) is 0 Å². The molecule has 4 rings (SSSR count). The van der Waals surface area contributed by atoms with Crippen LogP contribution in [0.25, 0.3) is 0 Å². The van der Waals surface area contributed by atoms with Gasteiger partial charge in [-0.3, -0.25) is 19.3 Å². The quantitative estimate of drug-likeness (QED) is 0.262. The summed E-state index contributed by atoms with van der Waals surface area (Å²) in [5, 5.41) is 10.9. The number of nitrogens with zero attached hydrogens (tertiary/aromatic N) is 2. The Morgan fingerprint density at radius 3 is 2.38 bits per heavy atom. The third-order valence-electron chi connectivity index (χ3n) is 5.82. The van der Waals surface area contributed by atoms with Crippen LogP contribution in [0.15, 0.2) is 88.8 Å². The first-order valence-electron chi connectivity index (χ1n) is 12.2. The number of thiophene rings is 1. The second-order valence-corrected chi connectivity index (χ2v) is 9.62. The average Bonchev–Trinajstić information content (AvgIpc) is 3.62. The van der Waals surface area contributed by atoms with E-state index in [0.29, 0.717) is 21.9 Å². The van der Waals surface area contributed by atoms with E-state index in [1.807, 2.05) is 24.4 Å². The number of aromatic nitrogens is 1. The third-order valence-corrected chi connectivity index (χ3v) is 6.74. The van der Waals surface area contributed by atoms with Gasteiger partial charge in [-0.25, -0.2) is 4.39 Å². The van der Waals surface area contributed by atoms with Crippen molar-refractivity contribution < 1.29 is 23.3 Å². The number of aryl methyl sites for hydroxylation is 2. The SMILES string of the molecule is CCc1ccc(N(C(=O)C=CC(=O)Nc2cc(C)on2)C(C(=O)NCc2ccc(F)cc2)c2cccs2)cc1. The van der Waals surface area contributed by atoms with Gasteiger partial charge in [0.1, 0.15) is 17.6 Å². The predicted molar refractivity (Wildman–Crippen MR) is 148 cm³/mol. The van der Waals surface area contributed by atoms with Gasteiger partial charge >= 0.3 is 0 Å². The third kappa shape index (κ3) is 7.26. The molecule has 0 saturated heterocycles. The lowest BCUT2D eigenvalue weighted by Crippen LogP contribution is -2.43. The molecular weight excluding hydrogens is 519 g/mol. The number of rotatable bonds is 10. The molecule has 0 radical (unpaired) electrons. The van der Waals surface area contributed by atoms with Crippen molar-refractivity contribution in [3.05, 3.63) is 112 Å². The molecule has 0 saturated carbocycles. The summed E-state index contributed by atoms with van der Waals surface area (Å²) < 4.78 is 18.3. The summed E-state index contributed by atoms with van der Waals surface area (Å²) in [6.45, 7) is 3.86. The molecule has 0 fully saturated rings. The van der Waals surface area contributed by atoms with Gasteiger partial charge in [-0.2, -0.15) is 0 Å². The van der Waals surface area contributed by atoms with Crippen molar-refractivity contribution >= 4 is 40.6 Å². The van der Waals surface area contributed by atoms with E-state index in [0.717, 1.165) is 24.1 Å². The normalized spacial score (nSPS) is 11.8. The van der Waals surface area contributed by atoms with Crippen LogP contribution in [0.2, 0.25) is 0 Å². The number of hydrogen-bond acceptors (Lipinski definition) is 6. The number of amides is 3. The van der Waals surface area contributed by atoms with E-state index in [2.05, 4.69) is 15.8 Å². The van der Waals surface area contributed by atoms with Crippen molar-refractivity contribution in [2.75, 3.05) is 10.2 Å². The molecule has 2 aromatic carbocycles. The Morgan fingerprint density at radius 1 is 1.05 bits per heavy atom. The first-order valence-corrected chi connectivity index (χ1v) is 13.1. The number of carbonyl (C=O) groups excluding carboxylic acids is 3. The Bertz CT molecular complexity index is 1450. The molecule has 2 N–H and O–H groups in total. The van der Waals surface area contributed by atoms with Crippen LogP contribution in [-0.4, -0.2) is 22.9 Å². The fourth-order valence-corrected chi connectivity index (χ4v) is 4.64. The van der Waals surface area contributed by atoms with Gasteiger partial charge in [0.25, 0.3) is 5.91 Å². The number of carbonyl (C=O) groups is 3. The molecule has 1 unspecified atom stereocenters. The smallest absolute Gasteiger partial charge is 0.252 e. The van der Waals surface area contributed by atoms with Crippen molar-refractivity contribution in [2.45, 2.75) is 32.9 Å². The summed E-state index contributed by atoms with van der Waals surface area (Å²) in [5.41, 5.74) is 2.27. The van der Waals surface area contributed by atoms with Gasteiger partial charge in [-0.15, -0.1) is 11.3 Å². The topological polar surface area (TPSA) is 105 Å². The second kappa shape index (κ2) is 12.8. The number of nitrogens with one attached hydrogen (secondary N) is 2. The van der Waals surface area contributed by atoms with Crippen molar-refractivity contribution in [1.29, 1.82) is 0 Å². The van der Waals surface area contributed by atoms with Crippen LogP contribution in [-0.2, 0) is 27.3 Å². The lowest BCUT2D eigenvalue weighted by molar-refractivity contribution is -0.125. The summed E-state index contributed by atoms with van der Waals surface area (Å²) in [5.74, 6) is -1.20. The standard InChI is InChI=1S/C29H27FN4O4S/c1-3-20-8-12-23(13-9-20)34(27(36)15-14-26(35)32-25-17-19(2)38-33-25)28(24-5-4-16-39-24)29(37)31-18-21-6-10-22(30)11-7-21/h4-17,28H,3,18H2,1-2H3,(H,31,37)(H,32,33,35). The minimum absolute atomic E-state index is 0.146. The molecule has 4 aromatic rings. The predicted octanol–water partition coefficient (Wildman–Crippen LogP) is 5.33. The molecule has 0 aliphatic heterocycles. The highest BCUT2D eigenvalue weighted by molar-refractivity contribution is 7.10. The van der Waals surface area contributed by atoms with Crippen LogP contribution in [0, 0.1) is 12.7 Å². The summed E-state index contributed by atoms with van der Waals surface area (Å²) in [6, 6.07) is 17.2. The Kier molecular flexibility index (Phi) is 9.01. The maximum atomic E-state index is 13.6. The summed E-state index contributed by atoms with van der Waals surface area (Å²) in [6.07, 6.45) is 3.01. The highest BCUT2D eigenvalue weighted by atomic mass is 32.1. The molecule has 1 atom stereocenters. The number of halogens is 1. The molecule has 3 amide bonds. The fraction of sp³-hybridized carbons (Fsp3) is 0.172. The monoisotopic (exact) mass is 546 g/mol. The van der Waals surface area contributed by atoms with Gasteiger partial charge in [-0.1, -0.05) is 42.4 Å². The molecule has 0 bridgehead atoms. The summed E-state index contributed by atoms with van der Waals surface area (Å²) in [4.78, 5) is 41.7. The summed E-state index contributed by atoms with van der Waals surface area (Å²) >= 11 is 1.33. The molecule has 0 aliphatic carbocycles. The molecule has 0 spiro atoms. The molecule has 2 aromatic heterocycles. The zero-order chi connectivity index (χ0) is 27.8. The molecule has 0 aliphatic rings. The Labute approximate surface area is 229 Å². The zero-order valence-corrected chi connectivity index (χ0v) is 22.2. The van der Waals surface area contributed by atoms with Crippen LogP contribution in [0.3, 0.4) is 0 Å². The van der Waals surface area contributed by atoms with Gasteiger partial charge in [-0.05, 0) is 60.2 Å². The minimum atomic E-state index is -1.02. The van der Waals surface area contributed by atoms with E-state index in [-0.39, 0.29) is 18.2 Å². The van der Waals surface area contributed by atoms with Crippen molar-refractivity contribution in [3.8, 4) is 0 Å². The molecule has 8 nitrogen and oxygen atoms in total. The maximum absolute atomic E-state index is 13.6. The molecule has 2 heterocycles. The molecular formula is C29H27FN4O4S. The Morgan fingerprint density at radius 2 is 1.77 bits per heavy atom. The minimum Gasteiger partial charge on any atom is -0.360 e. The first-order chi connectivity index (χ1) is 18.8. The molecule has 39 heavy (non-hydrogen) atoms. The van der Waals surface area contributed by atoms with Gasteiger partial charge in [0.05, 0.1) is 0 Å². The van der Waals surface area contributed by atoms with Crippen molar-refractivity contribution in [3.63, 3.8) is 0 Å². The molecule has 10 heteroatoms. The van der Waals surface area contributed by atoms with Crippen LogP contribution in [0.1, 0.15) is 34.7 Å². The zero-order valence-electron chi connectivity index (χ0n) is 21.4. The van der Waals surface area contributed by atoms with E-state index in [1.54, 1.807) is 49.4 Å². The van der Waals surface area contributed by atoms with Gasteiger partial charge in [0.2, 0.25) is 11.8 Å². The number of benzene rings is 2. The maximum Gasteiger partial charge on any atom is 0.252 e. The average molecular weight is 547 g/mol. The van der Waals surface area contributed by atoms with Gasteiger partial charge in [0.15, 0.2) is 5.82 Å². The lowest BCUT2D eigenvalue weighted by Gasteiger charge is -2.30. The van der Waals surface area contributed by atoms with Crippen LogP contribution in [0.4, 0.5) is 15.9 Å².